The first-order valence-corrected chi connectivity index (χ1v) is 10.4. The van der Waals surface area contributed by atoms with Gasteiger partial charge in [0.05, 0.1) is 38.0 Å². The zero-order chi connectivity index (χ0) is 20.3. The molecule has 2 aromatic rings. The van der Waals surface area contributed by atoms with Crippen molar-refractivity contribution >= 4 is 6.16 Å². The van der Waals surface area contributed by atoms with Crippen molar-refractivity contribution in [2.45, 2.75) is 56.6 Å². The van der Waals surface area contributed by atoms with Gasteiger partial charge in [-0.25, -0.2) is 9.63 Å². The van der Waals surface area contributed by atoms with Gasteiger partial charge in [0.2, 0.25) is 0 Å². The summed E-state index contributed by atoms with van der Waals surface area (Å²) in [6, 6.07) is 20.2. The topological polar surface area (TPSA) is 66.5 Å². The van der Waals surface area contributed by atoms with Crippen molar-refractivity contribution in [3.8, 4) is 0 Å². The van der Waals surface area contributed by atoms with Crippen LogP contribution in [-0.2, 0) is 37.0 Å². The third-order valence-electron chi connectivity index (χ3n) is 5.86. The molecule has 0 N–H and O–H groups in total. The molecule has 7 nitrogen and oxygen atoms in total. The Morgan fingerprint density at radius 2 is 1.63 bits per heavy atom. The molecule has 0 radical (unpaired) electrons. The van der Waals surface area contributed by atoms with Crippen LogP contribution in [0.25, 0.3) is 0 Å². The van der Waals surface area contributed by atoms with E-state index in [-0.39, 0.29) is 24.3 Å². The summed E-state index contributed by atoms with van der Waals surface area (Å²) < 4.78 is 22.7. The van der Waals surface area contributed by atoms with Crippen LogP contribution >= 0.6 is 0 Å². The highest BCUT2D eigenvalue weighted by Crippen LogP contribution is 2.41. The van der Waals surface area contributed by atoms with Crippen LogP contribution in [0.2, 0.25) is 0 Å². The van der Waals surface area contributed by atoms with Crippen molar-refractivity contribution in [3.05, 3.63) is 71.8 Å². The second-order valence-electron chi connectivity index (χ2n) is 7.83. The first kappa shape index (κ1) is 19.5. The number of carbonyl (C=O) groups excluding carboxylic acids is 1. The molecule has 30 heavy (non-hydrogen) atoms. The Kier molecular flexibility index (Phi) is 5.68. The van der Waals surface area contributed by atoms with Crippen LogP contribution in [0.15, 0.2) is 60.7 Å². The van der Waals surface area contributed by atoms with Crippen molar-refractivity contribution in [2.24, 2.45) is 0 Å². The number of benzene rings is 2. The van der Waals surface area contributed by atoms with Crippen LogP contribution in [-0.4, -0.2) is 48.4 Å². The molecule has 5 rings (SSSR count). The molecule has 2 aromatic carbocycles. The van der Waals surface area contributed by atoms with Crippen LogP contribution < -0.4 is 0 Å². The highest BCUT2D eigenvalue weighted by Gasteiger charge is 2.58. The van der Waals surface area contributed by atoms with E-state index in [0.29, 0.717) is 19.8 Å². The number of hydrogen-bond donors (Lipinski definition) is 0. The number of ether oxygens (including phenoxy) is 4. The molecule has 7 heteroatoms. The zero-order valence-corrected chi connectivity index (χ0v) is 16.6. The van der Waals surface area contributed by atoms with Gasteiger partial charge in [-0.05, 0) is 24.0 Å². The first-order valence-electron chi connectivity index (χ1n) is 10.4. The SMILES string of the molecule is O=C1O[C@H]2ON3[C@H](CC[C@H]3[C@@H](COCc3ccccc3)OCc3ccccc3)[C@H]2O1. The van der Waals surface area contributed by atoms with Crippen molar-refractivity contribution < 1.29 is 28.6 Å². The van der Waals surface area contributed by atoms with Gasteiger partial charge < -0.3 is 18.9 Å². The lowest BCUT2D eigenvalue weighted by atomic mass is 10.1. The van der Waals surface area contributed by atoms with Crippen molar-refractivity contribution in [1.82, 2.24) is 5.06 Å². The average Bonchev–Trinajstić information content (AvgIpc) is 3.43. The van der Waals surface area contributed by atoms with E-state index in [9.17, 15) is 4.79 Å². The molecule has 3 heterocycles. The first-order chi connectivity index (χ1) is 14.8. The Morgan fingerprint density at radius 3 is 2.37 bits per heavy atom. The fraction of sp³-hybridized carbons (Fsp3) is 0.435. The van der Waals surface area contributed by atoms with E-state index in [1.54, 1.807) is 0 Å². The largest absolute Gasteiger partial charge is 0.511 e. The normalized spacial score (nSPS) is 28.6. The molecule has 158 valence electrons. The third-order valence-corrected chi connectivity index (χ3v) is 5.86. The Morgan fingerprint density at radius 1 is 0.933 bits per heavy atom. The van der Waals surface area contributed by atoms with Crippen molar-refractivity contribution in [2.75, 3.05) is 6.61 Å². The average molecular weight is 411 g/mol. The predicted molar refractivity (Wildman–Crippen MR) is 106 cm³/mol. The molecule has 3 aliphatic rings. The van der Waals surface area contributed by atoms with E-state index in [0.717, 1.165) is 24.0 Å². The van der Waals surface area contributed by atoms with Gasteiger partial charge in [-0.1, -0.05) is 60.7 Å². The molecule has 3 fully saturated rings. The van der Waals surface area contributed by atoms with Gasteiger partial charge in [-0.15, -0.1) is 0 Å². The van der Waals surface area contributed by atoms with Crippen LogP contribution in [0.4, 0.5) is 4.79 Å². The summed E-state index contributed by atoms with van der Waals surface area (Å²) in [4.78, 5) is 17.3. The summed E-state index contributed by atoms with van der Waals surface area (Å²) in [5.74, 6) is 0. The molecule has 3 aliphatic heterocycles. The monoisotopic (exact) mass is 411 g/mol. The molecule has 0 unspecified atom stereocenters. The van der Waals surface area contributed by atoms with Crippen LogP contribution in [0.1, 0.15) is 24.0 Å². The predicted octanol–water partition coefficient (Wildman–Crippen LogP) is 3.43. The fourth-order valence-electron chi connectivity index (χ4n) is 4.39. The summed E-state index contributed by atoms with van der Waals surface area (Å²) in [6.45, 7) is 1.46. The zero-order valence-electron chi connectivity index (χ0n) is 16.6. The van der Waals surface area contributed by atoms with Gasteiger partial charge in [0.25, 0.3) is 6.29 Å². The molecule has 0 bridgehead atoms. The summed E-state index contributed by atoms with van der Waals surface area (Å²) in [7, 11) is 0. The van der Waals surface area contributed by atoms with Crippen LogP contribution in [0.5, 0.6) is 0 Å². The highest BCUT2D eigenvalue weighted by molar-refractivity contribution is 5.62. The summed E-state index contributed by atoms with van der Waals surface area (Å²) >= 11 is 0. The van der Waals surface area contributed by atoms with Crippen molar-refractivity contribution in [1.29, 1.82) is 0 Å². The van der Waals surface area contributed by atoms with Crippen molar-refractivity contribution in [3.63, 3.8) is 0 Å². The van der Waals surface area contributed by atoms with Crippen LogP contribution in [0, 0.1) is 0 Å². The molecule has 0 aliphatic carbocycles. The maximum atomic E-state index is 11.4. The second-order valence-corrected chi connectivity index (χ2v) is 7.83. The van der Waals surface area contributed by atoms with E-state index in [2.05, 4.69) is 0 Å². The van der Waals surface area contributed by atoms with E-state index >= 15 is 0 Å². The summed E-state index contributed by atoms with van der Waals surface area (Å²) in [5, 5.41) is 1.91. The lowest BCUT2D eigenvalue weighted by molar-refractivity contribution is -0.244. The minimum Gasteiger partial charge on any atom is -0.422 e. The molecule has 0 aromatic heterocycles. The number of nitrogens with zero attached hydrogens (tertiary/aromatic N) is 1. The van der Waals surface area contributed by atoms with Gasteiger partial charge in [0.1, 0.15) is 0 Å². The van der Waals surface area contributed by atoms with E-state index in [1.807, 2.05) is 65.7 Å². The van der Waals surface area contributed by atoms with Gasteiger partial charge in [-0.3, -0.25) is 0 Å². The molecular weight excluding hydrogens is 386 g/mol. The van der Waals surface area contributed by atoms with Crippen LogP contribution in [0.3, 0.4) is 0 Å². The maximum Gasteiger partial charge on any atom is 0.511 e. The second kappa shape index (κ2) is 8.73. The number of hydrogen-bond acceptors (Lipinski definition) is 7. The number of fused-ring (bicyclic) bond motifs is 3. The molecule has 0 amide bonds. The third kappa shape index (κ3) is 4.06. The quantitative estimate of drug-likeness (QED) is 0.617. The van der Waals surface area contributed by atoms with Gasteiger partial charge >= 0.3 is 6.16 Å². The number of hydroxylamine groups is 2. The summed E-state index contributed by atoms with van der Waals surface area (Å²) in [6.07, 6.45) is -0.149. The summed E-state index contributed by atoms with van der Waals surface area (Å²) in [5.41, 5.74) is 2.23. The molecule has 0 spiro atoms. The molecule has 5 atom stereocenters. The fourth-order valence-corrected chi connectivity index (χ4v) is 4.39. The standard InChI is InChI=1S/C23H25NO6/c25-23-28-21-19-12-11-18(24(19)30-22(21)29-23)20(27-14-17-9-5-2-6-10-17)15-26-13-16-7-3-1-4-8-16/h1-10,18-22H,11-15H2/t18-,19+,20+,21+,22-/m0/s1. The lowest BCUT2D eigenvalue weighted by Gasteiger charge is -2.30. The Labute approximate surface area is 175 Å². The smallest absolute Gasteiger partial charge is 0.422 e. The Bertz CT molecular complexity index is 847. The minimum absolute atomic E-state index is 0.00221. The number of carbonyl (C=O) groups is 1. The van der Waals surface area contributed by atoms with Gasteiger partial charge in [-0.2, -0.15) is 5.06 Å². The van der Waals surface area contributed by atoms with Gasteiger partial charge in [0, 0.05) is 0 Å². The minimum atomic E-state index is -0.662. The lowest BCUT2D eigenvalue weighted by Crippen LogP contribution is -2.44. The maximum absolute atomic E-state index is 11.4. The van der Waals surface area contributed by atoms with E-state index in [1.165, 1.54) is 0 Å². The van der Waals surface area contributed by atoms with E-state index < -0.39 is 12.4 Å². The highest BCUT2D eigenvalue weighted by atomic mass is 16.9. The molecular formula is C23H25NO6. The molecule has 3 saturated heterocycles. The van der Waals surface area contributed by atoms with Gasteiger partial charge in [0.15, 0.2) is 6.10 Å². The van der Waals surface area contributed by atoms with E-state index in [4.69, 9.17) is 23.8 Å². The Balaban J connectivity index is 1.25. The number of rotatable bonds is 8. The Hall–Kier alpha value is -2.45. The molecule has 0 saturated carbocycles.